The van der Waals surface area contributed by atoms with Gasteiger partial charge in [-0.1, -0.05) is 13.3 Å². The van der Waals surface area contributed by atoms with Crippen LogP contribution in [0.2, 0.25) is 0 Å². The Morgan fingerprint density at radius 3 is 3.00 bits per heavy atom. The molecule has 2 N–H and O–H groups in total. The molecule has 0 aliphatic carbocycles. The molecule has 1 heterocycles. The van der Waals surface area contributed by atoms with E-state index in [1.54, 1.807) is 11.3 Å². The van der Waals surface area contributed by atoms with E-state index >= 15 is 0 Å². The third-order valence-corrected chi connectivity index (χ3v) is 3.33. The van der Waals surface area contributed by atoms with E-state index in [9.17, 15) is 4.79 Å². The molecule has 0 atom stereocenters. The fourth-order valence-corrected chi connectivity index (χ4v) is 2.27. The maximum absolute atomic E-state index is 11.0. The molecule has 18 heavy (non-hydrogen) atoms. The molecule has 0 fully saturated rings. The van der Waals surface area contributed by atoms with Gasteiger partial charge >= 0.3 is 0 Å². The third kappa shape index (κ3) is 6.14. The van der Waals surface area contributed by atoms with Gasteiger partial charge in [-0.25, -0.2) is 0 Å². The summed E-state index contributed by atoms with van der Waals surface area (Å²) in [6, 6.07) is 1.93. The van der Waals surface area contributed by atoms with Crippen molar-refractivity contribution in [3.63, 3.8) is 0 Å². The van der Waals surface area contributed by atoms with Crippen LogP contribution in [0.5, 0.6) is 0 Å². The van der Waals surface area contributed by atoms with Crippen LogP contribution in [0, 0.1) is 0 Å². The highest BCUT2D eigenvalue weighted by Gasteiger charge is 2.04. The summed E-state index contributed by atoms with van der Waals surface area (Å²) in [7, 11) is 0. The van der Waals surface area contributed by atoms with Gasteiger partial charge in [0.15, 0.2) is 0 Å². The van der Waals surface area contributed by atoms with Crippen LogP contribution in [-0.2, 0) is 16.1 Å². The molecule has 0 radical (unpaired) electrons. The Bertz CT molecular complexity index is 353. The second-order valence-electron chi connectivity index (χ2n) is 4.08. The lowest BCUT2D eigenvalue weighted by atomic mass is 10.3. The van der Waals surface area contributed by atoms with Crippen molar-refractivity contribution in [2.45, 2.75) is 33.2 Å². The molecule has 1 aromatic heterocycles. The number of carbonyl (C=O) groups is 1. The van der Waals surface area contributed by atoms with Crippen LogP contribution in [0.15, 0.2) is 11.4 Å². The lowest BCUT2D eigenvalue weighted by Crippen LogP contribution is -2.19. The van der Waals surface area contributed by atoms with Crippen molar-refractivity contribution in [2.24, 2.45) is 0 Å². The standard InChI is InChI=1S/C13H22N2O2S/c1-3-4-7-17-8-6-14-10-13-12(5-9-18-13)15-11(2)16/h5,9,14H,3-4,6-8,10H2,1-2H3,(H,15,16). The minimum atomic E-state index is -0.0300. The molecule has 4 nitrogen and oxygen atoms in total. The Balaban J connectivity index is 2.15. The Kier molecular flexibility index (Phi) is 7.64. The van der Waals surface area contributed by atoms with Crippen molar-refractivity contribution in [2.75, 3.05) is 25.1 Å². The fraction of sp³-hybridized carbons (Fsp3) is 0.615. The minimum Gasteiger partial charge on any atom is -0.380 e. The first-order chi connectivity index (χ1) is 8.74. The van der Waals surface area contributed by atoms with Crippen LogP contribution < -0.4 is 10.6 Å². The van der Waals surface area contributed by atoms with E-state index in [1.807, 2.05) is 11.4 Å². The molecule has 0 bridgehead atoms. The first-order valence-corrected chi connectivity index (χ1v) is 7.24. The van der Waals surface area contributed by atoms with Crippen molar-refractivity contribution in [1.82, 2.24) is 5.32 Å². The highest BCUT2D eigenvalue weighted by molar-refractivity contribution is 7.10. The summed E-state index contributed by atoms with van der Waals surface area (Å²) in [5, 5.41) is 8.12. The van der Waals surface area contributed by atoms with Gasteiger partial charge in [0.25, 0.3) is 0 Å². The maximum atomic E-state index is 11.0. The van der Waals surface area contributed by atoms with Crippen LogP contribution in [-0.4, -0.2) is 25.7 Å². The summed E-state index contributed by atoms with van der Waals surface area (Å²) in [6.45, 7) is 6.86. The summed E-state index contributed by atoms with van der Waals surface area (Å²) in [6.07, 6.45) is 2.29. The highest BCUT2D eigenvalue weighted by Crippen LogP contribution is 2.21. The fourth-order valence-electron chi connectivity index (χ4n) is 1.47. The molecular weight excluding hydrogens is 248 g/mol. The van der Waals surface area contributed by atoms with Crippen LogP contribution in [0.25, 0.3) is 0 Å². The number of anilines is 1. The van der Waals surface area contributed by atoms with Gasteiger partial charge in [-0.05, 0) is 17.9 Å². The van der Waals surface area contributed by atoms with Crippen molar-refractivity contribution in [3.05, 3.63) is 16.3 Å². The number of hydrogen-bond donors (Lipinski definition) is 2. The van der Waals surface area contributed by atoms with Gasteiger partial charge in [-0.15, -0.1) is 11.3 Å². The highest BCUT2D eigenvalue weighted by atomic mass is 32.1. The van der Waals surface area contributed by atoms with Crippen LogP contribution >= 0.6 is 11.3 Å². The number of hydrogen-bond acceptors (Lipinski definition) is 4. The summed E-state index contributed by atoms with van der Waals surface area (Å²) in [4.78, 5) is 12.1. The van der Waals surface area contributed by atoms with Gasteiger partial charge in [0.1, 0.15) is 0 Å². The average molecular weight is 270 g/mol. The normalized spacial score (nSPS) is 10.6. The molecule has 0 aliphatic rings. The molecule has 1 amide bonds. The van der Waals surface area contributed by atoms with Crippen molar-refractivity contribution in [1.29, 1.82) is 0 Å². The molecule has 0 aromatic carbocycles. The van der Waals surface area contributed by atoms with E-state index in [-0.39, 0.29) is 5.91 Å². The first kappa shape index (κ1) is 15.1. The predicted molar refractivity (Wildman–Crippen MR) is 76.1 cm³/mol. The Hall–Kier alpha value is -0.910. The number of rotatable bonds is 9. The summed E-state index contributed by atoms with van der Waals surface area (Å²) < 4.78 is 5.46. The third-order valence-electron chi connectivity index (χ3n) is 2.41. The predicted octanol–water partition coefficient (Wildman–Crippen LogP) is 2.61. The van der Waals surface area contributed by atoms with E-state index in [2.05, 4.69) is 17.6 Å². The zero-order valence-electron chi connectivity index (χ0n) is 11.1. The number of amides is 1. The maximum Gasteiger partial charge on any atom is 0.221 e. The van der Waals surface area contributed by atoms with Crippen LogP contribution in [0.4, 0.5) is 5.69 Å². The van der Waals surface area contributed by atoms with Gasteiger partial charge in [-0.2, -0.15) is 0 Å². The molecule has 1 rings (SSSR count). The number of thiophene rings is 1. The van der Waals surface area contributed by atoms with Gasteiger partial charge in [0, 0.05) is 31.5 Å². The van der Waals surface area contributed by atoms with Gasteiger partial charge < -0.3 is 15.4 Å². The van der Waals surface area contributed by atoms with E-state index in [0.717, 1.165) is 43.3 Å². The molecule has 5 heteroatoms. The topological polar surface area (TPSA) is 50.4 Å². The van der Waals surface area contributed by atoms with E-state index < -0.39 is 0 Å². The van der Waals surface area contributed by atoms with Gasteiger partial charge in [0.05, 0.1) is 12.3 Å². The summed E-state index contributed by atoms with van der Waals surface area (Å²) >= 11 is 1.65. The van der Waals surface area contributed by atoms with Crippen LogP contribution in [0.3, 0.4) is 0 Å². The van der Waals surface area contributed by atoms with E-state index in [0.29, 0.717) is 0 Å². The monoisotopic (exact) mass is 270 g/mol. The van der Waals surface area contributed by atoms with Crippen molar-refractivity contribution >= 4 is 22.9 Å². The number of unbranched alkanes of at least 4 members (excludes halogenated alkanes) is 1. The number of ether oxygens (including phenoxy) is 1. The molecule has 102 valence electrons. The molecule has 0 unspecified atom stereocenters. The van der Waals surface area contributed by atoms with E-state index in [4.69, 9.17) is 4.74 Å². The van der Waals surface area contributed by atoms with Gasteiger partial charge in [0.2, 0.25) is 5.91 Å². The second-order valence-corrected chi connectivity index (χ2v) is 5.08. The lowest BCUT2D eigenvalue weighted by Gasteiger charge is -2.07. The molecule has 0 aliphatic heterocycles. The SMILES string of the molecule is CCCCOCCNCc1sccc1NC(C)=O. The Labute approximate surface area is 113 Å². The largest absolute Gasteiger partial charge is 0.380 e. The lowest BCUT2D eigenvalue weighted by molar-refractivity contribution is -0.114. The number of nitrogens with one attached hydrogen (secondary N) is 2. The smallest absolute Gasteiger partial charge is 0.221 e. The number of carbonyl (C=O) groups excluding carboxylic acids is 1. The van der Waals surface area contributed by atoms with Crippen molar-refractivity contribution < 1.29 is 9.53 Å². The molecule has 0 saturated carbocycles. The summed E-state index contributed by atoms with van der Waals surface area (Å²) in [5.74, 6) is -0.0300. The first-order valence-electron chi connectivity index (χ1n) is 6.36. The summed E-state index contributed by atoms with van der Waals surface area (Å²) in [5.41, 5.74) is 0.909. The quantitative estimate of drug-likeness (QED) is 0.678. The minimum absolute atomic E-state index is 0.0300. The molecule has 0 spiro atoms. The zero-order valence-corrected chi connectivity index (χ0v) is 11.9. The average Bonchev–Trinajstić information content (AvgIpc) is 2.75. The molecule has 0 saturated heterocycles. The second kappa shape index (κ2) is 9.08. The Morgan fingerprint density at radius 1 is 1.44 bits per heavy atom. The van der Waals surface area contributed by atoms with Crippen LogP contribution in [0.1, 0.15) is 31.6 Å². The zero-order chi connectivity index (χ0) is 13.2. The van der Waals surface area contributed by atoms with Crippen molar-refractivity contribution in [3.8, 4) is 0 Å². The van der Waals surface area contributed by atoms with Gasteiger partial charge in [-0.3, -0.25) is 4.79 Å². The molecule has 1 aromatic rings. The Morgan fingerprint density at radius 2 is 2.28 bits per heavy atom. The molecular formula is C13H22N2O2S. The van der Waals surface area contributed by atoms with E-state index in [1.165, 1.54) is 13.3 Å².